The number of nitrogens with zero attached hydrogens (tertiary/aromatic N) is 1. The number of benzene rings is 2. The molecule has 0 bridgehead atoms. The minimum atomic E-state index is -3.79. The normalized spacial score (nSPS) is 16.3. The van der Waals surface area contributed by atoms with Gasteiger partial charge in [-0.1, -0.05) is 38.1 Å². The lowest BCUT2D eigenvalue weighted by atomic mass is 9.96. The van der Waals surface area contributed by atoms with Crippen LogP contribution in [0.4, 0.5) is 5.69 Å². The number of sulfonamides is 1. The average Bonchev–Trinajstić information content (AvgIpc) is 2.82. The highest BCUT2D eigenvalue weighted by Crippen LogP contribution is 2.23. The number of rotatable bonds is 8. The van der Waals surface area contributed by atoms with Gasteiger partial charge >= 0.3 is 0 Å². The van der Waals surface area contributed by atoms with Crippen LogP contribution in [0.25, 0.3) is 0 Å². The molecule has 1 atom stereocenters. The predicted molar refractivity (Wildman–Crippen MR) is 130 cm³/mol. The summed E-state index contributed by atoms with van der Waals surface area (Å²) in [6, 6.07) is 13.2. The third-order valence-electron chi connectivity index (χ3n) is 5.72. The van der Waals surface area contributed by atoms with E-state index in [2.05, 4.69) is 16.6 Å². The van der Waals surface area contributed by atoms with Gasteiger partial charge in [0.1, 0.15) is 0 Å². The highest BCUT2D eigenvalue weighted by atomic mass is 32.2. The second kappa shape index (κ2) is 10.7. The summed E-state index contributed by atoms with van der Waals surface area (Å²) in [6.07, 6.45) is 3.08. The van der Waals surface area contributed by atoms with E-state index in [-0.39, 0.29) is 22.6 Å². The first kappa shape index (κ1) is 24.5. The molecule has 0 unspecified atom stereocenters. The Morgan fingerprint density at radius 1 is 1.18 bits per heavy atom. The van der Waals surface area contributed by atoms with Crippen LogP contribution < -0.4 is 10.0 Å². The van der Waals surface area contributed by atoms with Gasteiger partial charge < -0.3 is 10.2 Å². The molecule has 0 radical (unpaired) electrons. The molecule has 1 fully saturated rings. The Morgan fingerprint density at radius 2 is 1.91 bits per heavy atom. The second-order valence-electron chi connectivity index (χ2n) is 8.53. The Morgan fingerprint density at radius 3 is 2.58 bits per heavy atom. The van der Waals surface area contributed by atoms with Crippen molar-refractivity contribution in [3.05, 3.63) is 72.3 Å². The molecule has 0 aliphatic carbocycles. The molecule has 2 N–H and O–H groups in total. The third-order valence-corrected chi connectivity index (χ3v) is 7.12. The zero-order chi connectivity index (χ0) is 24.0. The van der Waals surface area contributed by atoms with E-state index in [0.717, 1.165) is 18.4 Å². The smallest absolute Gasteiger partial charge is 0.261 e. The van der Waals surface area contributed by atoms with Gasteiger partial charge in [0.15, 0.2) is 0 Å². The molecule has 1 heterocycles. The summed E-state index contributed by atoms with van der Waals surface area (Å²) in [7, 11) is -3.79. The number of likely N-dealkylation sites (tertiary alicyclic amines) is 1. The average molecular weight is 470 g/mol. The van der Waals surface area contributed by atoms with Crippen molar-refractivity contribution >= 4 is 27.5 Å². The fourth-order valence-electron chi connectivity index (χ4n) is 3.84. The van der Waals surface area contributed by atoms with Crippen LogP contribution in [0.2, 0.25) is 0 Å². The number of carbonyl (C=O) groups is 2. The molecule has 33 heavy (non-hydrogen) atoms. The molecule has 0 saturated carbocycles. The summed E-state index contributed by atoms with van der Waals surface area (Å²) < 4.78 is 28.2. The van der Waals surface area contributed by atoms with Crippen LogP contribution >= 0.6 is 0 Å². The first-order chi connectivity index (χ1) is 15.7. The highest BCUT2D eigenvalue weighted by molar-refractivity contribution is 7.92. The van der Waals surface area contributed by atoms with E-state index in [9.17, 15) is 18.0 Å². The van der Waals surface area contributed by atoms with Crippen LogP contribution in [0.5, 0.6) is 0 Å². The van der Waals surface area contributed by atoms with Gasteiger partial charge in [0.05, 0.1) is 10.8 Å². The van der Waals surface area contributed by atoms with Crippen molar-refractivity contribution < 1.29 is 18.0 Å². The number of anilines is 1. The van der Waals surface area contributed by atoms with Crippen LogP contribution in [0.15, 0.2) is 66.1 Å². The quantitative estimate of drug-likeness (QED) is 0.576. The zero-order valence-corrected chi connectivity index (χ0v) is 19.9. The molecule has 0 aromatic heterocycles. The molecular weight excluding hydrogens is 438 g/mol. The van der Waals surface area contributed by atoms with Gasteiger partial charge in [-0.2, -0.15) is 0 Å². The van der Waals surface area contributed by atoms with Gasteiger partial charge in [-0.3, -0.25) is 14.3 Å². The fraction of sp³-hybridized carbons (Fsp3) is 0.360. The van der Waals surface area contributed by atoms with Gasteiger partial charge in [0.25, 0.3) is 15.9 Å². The van der Waals surface area contributed by atoms with Crippen molar-refractivity contribution in [3.8, 4) is 0 Å². The van der Waals surface area contributed by atoms with Gasteiger partial charge in [0, 0.05) is 30.9 Å². The predicted octanol–water partition coefficient (Wildman–Crippen LogP) is 3.77. The van der Waals surface area contributed by atoms with Crippen molar-refractivity contribution in [1.82, 2.24) is 10.2 Å². The summed E-state index contributed by atoms with van der Waals surface area (Å²) in [5.74, 6) is -0.269. The maximum absolute atomic E-state index is 13.1. The van der Waals surface area contributed by atoms with Crippen molar-refractivity contribution in [2.24, 2.45) is 5.92 Å². The molecule has 0 spiro atoms. The standard InChI is InChI=1S/C25H31N3O4S/c1-4-14-26-24(29)21-8-6-15-28(17-21)25(30)20-7-5-9-22(16-20)27-33(31,32)23-12-10-19(11-13-23)18(2)3/h4-5,7,9-13,16,18,21,27H,1,6,8,14-15,17H2,2-3H3,(H,26,29)/t21-/m0/s1. The summed E-state index contributed by atoms with van der Waals surface area (Å²) in [6.45, 7) is 8.97. The maximum atomic E-state index is 13.1. The van der Waals surface area contributed by atoms with Crippen molar-refractivity contribution in [3.63, 3.8) is 0 Å². The number of hydrogen-bond donors (Lipinski definition) is 2. The van der Waals surface area contributed by atoms with Crippen molar-refractivity contribution in [2.75, 3.05) is 24.4 Å². The first-order valence-electron chi connectivity index (χ1n) is 11.1. The lowest BCUT2D eigenvalue weighted by Gasteiger charge is -2.32. The lowest BCUT2D eigenvalue weighted by molar-refractivity contribution is -0.126. The monoisotopic (exact) mass is 469 g/mol. The summed E-state index contributed by atoms with van der Waals surface area (Å²) in [5, 5.41) is 2.79. The molecule has 3 rings (SSSR count). The Hall–Kier alpha value is -3.13. The molecule has 8 heteroatoms. The second-order valence-corrected chi connectivity index (χ2v) is 10.2. The molecule has 1 saturated heterocycles. The van der Waals surface area contributed by atoms with Crippen LogP contribution in [-0.4, -0.2) is 44.8 Å². The first-order valence-corrected chi connectivity index (χ1v) is 12.6. The number of carbonyl (C=O) groups excluding carboxylic acids is 2. The number of nitrogens with one attached hydrogen (secondary N) is 2. The third kappa shape index (κ3) is 6.22. The minimum absolute atomic E-state index is 0.0857. The molecule has 1 aliphatic heterocycles. The number of piperidine rings is 1. The Balaban J connectivity index is 1.71. The van der Waals surface area contributed by atoms with Gasteiger partial charge in [-0.25, -0.2) is 8.42 Å². The van der Waals surface area contributed by atoms with E-state index in [1.54, 1.807) is 53.4 Å². The maximum Gasteiger partial charge on any atom is 0.261 e. The van der Waals surface area contributed by atoms with Gasteiger partial charge in [0.2, 0.25) is 5.91 Å². The zero-order valence-electron chi connectivity index (χ0n) is 19.1. The van der Waals surface area contributed by atoms with E-state index >= 15 is 0 Å². The summed E-state index contributed by atoms with van der Waals surface area (Å²) >= 11 is 0. The van der Waals surface area contributed by atoms with Gasteiger partial charge in [-0.05, 0) is 54.7 Å². The molecule has 2 amide bonds. The molecule has 176 valence electrons. The molecule has 2 aromatic carbocycles. The Kier molecular flexibility index (Phi) is 7.92. The Labute approximate surface area is 195 Å². The van der Waals surface area contributed by atoms with Crippen LogP contribution in [0.1, 0.15) is 48.5 Å². The minimum Gasteiger partial charge on any atom is -0.352 e. The van der Waals surface area contributed by atoms with Crippen LogP contribution in [-0.2, 0) is 14.8 Å². The largest absolute Gasteiger partial charge is 0.352 e. The number of hydrogen-bond acceptors (Lipinski definition) is 4. The van der Waals surface area contributed by atoms with E-state index in [0.29, 0.717) is 36.8 Å². The molecule has 2 aromatic rings. The summed E-state index contributed by atoms with van der Waals surface area (Å²) in [4.78, 5) is 27.2. The van der Waals surface area contributed by atoms with E-state index in [1.165, 1.54) is 6.07 Å². The fourth-order valence-corrected chi connectivity index (χ4v) is 4.89. The molecule has 1 aliphatic rings. The van der Waals surface area contributed by atoms with Crippen molar-refractivity contribution in [1.29, 1.82) is 0 Å². The molecular formula is C25H31N3O4S. The van der Waals surface area contributed by atoms with Crippen LogP contribution in [0, 0.1) is 5.92 Å². The SMILES string of the molecule is C=CCNC(=O)[C@H]1CCCN(C(=O)c2cccc(NS(=O)(=O)c3ccc(C(C)C)cc3)c2)C1. The lowest BCUT2D eigenvalue weighted by Crippen LogP contribution is -2.45. The topological polar surface area (TPSA) is 95.6 Å². The Bertz CT molecular complexity index is 1110. The summed E-state index contributed by atoms with van der Waals surface area (Å²) in [5.41, 5.74) is 1.74. The highest BCUT2D eigenvalue weighted by Gasteiger charge is 2.29. The van der Waals surface area contributed by atoms with Gasteiger partial charge in [-0.15, -0.1) is 6.58 Å². The molecule has 7 nitrogen and oxygen atoms in total. The number of amides is 2. The van der Waals surface area contributed by atoms with Crippen LogP contribution in [0.3, 0.4) is 0 Å². The van der Waals surface area contributed by atoms with Crippen molar-refractivity contribution in [2.45, 2.75) is 37.5 Å². The van der Waals surface area contributed by atoms with E-state index < -0.39 is 10.0 Å². The van der Waals surface area contributed by atoms with E-state index in [1.807, 2.05) is 13.8 Å². The van der Waals surface area contributed by atoms with E-state index in [4.69, 9.17) is 0 Å².